The first kappa shape index (κ1) is 106. The Kier molecular flexibility index (Phi) is 37.6. The van der Waals surface area contributed by atoms with Crippen molar-refractivity contribution < 1.29 is 63.3 Å². The minimum Gasteiger partial charge on any atom is -0.508 e. The van der Waals surface area contributed by atoms with Crippen molar-refractivity contribution in [3.05, 3.63) is 257 Å². The minimum atomic E-state index is -4.00. The molecule has 5 aromatic heterocycles. The predicted molar refractivity (Wildman–Crippen MR) is 546 cm³/mol. The Morgan fingerprint density at radius 2 is 0.895 bits per heavy atom. The van der Waals surface area contributed by atoms with Crippen LogP contribution in [0.3, 0.4) is 0 Å². The van der Waals surface area contributed by atoms with Gasteiger partial charge in [0.1, 0.15) is 41.1 Å². The maximum atomic E-state index is 12.2. The van der Waals surface area contributed by atoms with Gasteiger partial charge in [-0.15, -0.1) is 0 Å². The van der Waals surface area contributed by atoms with Crippen LogP contribution in [0.2, 0.25) is 5.28 Å². The number of aliphatic hydroxyl groups is 1. The molecule has 0 saturated heterocycles. The number of amides is 1. The van der Waals surface area contributed by atoms with E-state index >= 15 is 0 Å². The first-order valence-corrected chi connectivity index (χ1v) is 51.3. The molecule has 32 nitrogen and oxygen atoms in total. The average Bonchev–Trinajstić information content (AvgIpc) is 1.58. The fraction of sp³-hybridized carbons (Fsp3) is 0.290. The lowest BCUT2D eigenvalue weighted by Crippen LogP contribution is -2.39. The van der Waals surface area contributed by atoms with E-state index in [0.29, 0.717) is 56.9 Å². The fourth-order valence-corrected chi connectivity index (χ4v) is 18.4. The maximum absolute atomic E-state index is 12.2. The van der Waals surface area contributed by atoms with Gasteiger partial charge in [-0.05, 0) is 351 Å². The third kappa shape index (κ3) is 34.8. The number of aromatic hydroxyl groups is 2. The number of nitriles is 3. The molecule has 16 rings (SSSR count). The number of anilines is 4. The van der Waals surface area contributed by atoms with E-state index in [1.807, 2.05) is 98.9 Å². The van der Waals surface area contributed by atoms with Gasteiger partial charge >= 0.3 is 22.3 Å². The molecule has 1 amide bonds. The quantitative estimate of drug-likeness (QED) is 0.0170. The number of nitrogens with one attached hydrogen (secondary N) is 7. The number of hydrogen-bond acceptors (Lipinski definition) is 22. The van der Waals surface area contributed by atoms with Gasteiger partial charge in [-0.25, -0.2) is 42.6 Å². The summed E-state index contributed by atoms with van der Waals surface area (Å²) in [5, 5.41) is 59.7. The Balaban J connectivity index is 0.000000182. The van der Waals surface area contributed by atoms with Crippen molar-refractivity contribution in [2.45, 2.75) is 175 Å². The summed E-state index contributed by atoms with van der Waals surface area (Å²) in [6.07, 6.45) is 13.7. The number of nitrogens with two attached hydrogens (primary N) is 1. The van der Waals surface area contributed by atoms with Crippen molar-refractivity contribution >= 4 is 182 Å². The first-order valence-electron chi connectivity index (χ1n) is 41.6. The Morgan fingerprint density at radius 1 is 0.511 bits per heavy atom. The van der Waals surface area contributed by atoms with Crippen molar-refractivity contribution in [3.8, 4) is 64.0 Å². The third-order valence-corrected chi connectivity index (χ3v) is 25.5. The molecule has 5 heterocycles. The number of phenols is 2. The fourth-order valence-electron chi connectivity index (χ4n) is 12.7. The number of carbonyl (C=O) groups excluding carboxylic acids is 1. The molecule has 0 radical (unpaired) electrons. The number of ether oxygens (including phenoxy) is 2. The summed E-state index contributed by atoms with van der Waals surface area (Å²) in [5.41, 5.74) is 14.8. The topological polar surface area (TPSA) is 481 Å². The molecule has 0 atom stereocenters. The Hall–Kier alpha value is -11.0. The zero-order valence-corrected chi connectivity index (χ0v) is 85.2. The van der Waals surface area contributed by atoms with Crippen molar-refractivity contribution in [2.24, 2.45) is 0 Å². The summed E-state index contributed by atoms with van der Waals surface area (Å²) in [7, 11) is -14.5. The van der Waals surface area contributed by atoms with Crippen LogP contribution in [0, 0.1) is 44.7 Å². The van der Waals surface area contributed by atoms with E-state index in [9.17, 15) is 59.2 Å². The number of rotatable bonds is 22. The molecule has 40 heteroatoms. The second-order valence-electron chi connectivity index (χ2n) is 33.4. The van der Waals surface area contributed by atoms with Gasteiger partial charge in [0, 0.05) is 129 Å². The van der Waals surface area contributed by atoms with Crippen molar-refractivity contribution in [1.82, 2.24) is 52.5 Å². The van der Waals surface area contributed by atoms with Gasteiger partial charge in [-0.2, -0.15) is 50.5 Å². The highest BCUT2D eigenvalue weighted by atomic mass is 127. The number of carbonyl (C=O) groups is 1. The van der Waals surface area contributed by atoms with Crippen LogP contribution in [0.5, 0.6) is 23.3 Å². The monoisotopic (exact) mass is 2240 g/mol. The Bertz CT molecular complexity index is 6740. The molecule has 3 saturated carbocycles. The molecular formula is C93H104ClI3N18O14S4. The van der Waals surface area contributed by atoms with Crippen LogP contribution in [0.1, 0.15) is 162 Å². The third-order valence-electron chi connectivity index (χ3n) is 18.0. The van der Waals surface area contributed by atoms with Gasteiger partial charge < -0.3 is 44.2 Å². The molecule has 3 fully saturated rings. The van der Waals surface area contributed by atoms with Crippen molar-refractivity contribution in [1.29, 1.82) is 15.8 Å². The van der Waals surface area contributed by atoms with Crippen LogP contribution < -0.4 is 43.5 Å². The molecule has 0 aliphatic heterocycles. The number of nitrogens with zero attached hydrogens (tertiary/aromatic N) is 10. The van der Waals surface area contributed by atoms with Gasteiger partial charge in [0.05, 0.1) is 61.7 Å². The summed E-state index contributed by atoms with van der Waals surface area (Å²) >= 11 is 11.8. The number of halogens is 4. The number of aromatic nitrogens is 7. The van der Waals surface area contributed by atoms with E-state index < -0.39 is 57.9 Å². The van der Waals surface area contributed by atoms with E-state index in [0.717, 1.165) is 99.3 Å². The van der Waals surface area contributed by atoms with Crippen molar-refractivity contribution in [2.75, 3.05) is 19.9 Å². The molecule has 702 valence electrons. The van der Waals surface area contributed by atoms with Crippen LogP contribution in [-0.4, -0.2) is 118 Å². The lowest BCUT2D eigenvalue weighted by atomic mass is 10.1. The van der Waals surface area contributed by atoms with E-state index in [1.54, 1.807) is 208 Å². The Labute approximate surface area is 821 Å². The predicted octanol–water partition coefficient (Wildman–Crippen LogP) is 19.6. The number of benzene rings is 8. The van der Waals surface area contributed by atoms with E-state index in [-0.39, 0.29) is 47.4 Å². The zero-order valence-electron chi connectivity index (χ0n) is 74.7. The van der Waals surface area contributed by atoms with E-state index in [4.69, 9.17) is 37.2 Å². The van der Waals surface area contributed by atoms with E-state index in [2.05, 4.69) is 148 Å². The molecular weight excluding hydrogens is 2140 g/mol. The summed E-state index contributed by atoms with van der Waals surface area (Å²) in [6, 6.07) is 62.9. The molecule has 0 spiro atoms. The minimum absolute atomic E-state index is 0.0437. The van der Waals surface area contributed by atoms with Gasteiger partial charge in [-0.1, -0.05) is 36.4 Å². The first-order chi connectivity index (χ1) is 62.6. The SMILES string of the molecule is CC(C)(C)O.CC(C)(C)OC(=O)NS(=O)(=O)Nc1ccc(I)cc1.CC(C)NS(=O)(=O)Cc1ccc(I)cc1.CC(C)NS(=O)(=O)Nc1ccc(-c2c(C#N)c3ccc(O)cc3n2C2CC2)cc1.CC(C)NS(=O)(=O)Nc1ccc(-c2c(C#N)c3ccc(Oc4ncccn4)cc3n2C2CC2)cc1.Clc1ncccn1.N#Cc1cn(C2CC2)c2cc(O)ccc12.Nc1ccc(I)cc1. The zero-order chi connectivity index (χ0) is 97.5. The Morgan fingerprint density at radius 3 is 1.29 bits per heavy atom. The van der Waals surface area contributed by atoms with E-state index in [1.165, 1.54) is 16.4 Å². The highest BCUT2D eigenvalue weighted by molar-refractivity contribution is 14.1. The number of phenolic OH excluding ortho intramolecular Hbond substituents is 2. The summed E-state index contributed by atoms with van der Waals surface area (Å²) in [4.78, 5) is 26.9. The lowest BCUT2D eigenvalue weighted by molar-refractivity contribution is 0.0570. The van der Waals surface area contributed by atoms with Crippen LogP contribution in [0.25, 0.3) is 55.2 Å². The van der Waals surface area contributed by atoms with Gasteiger partial charge in [0.2, 0.25) is 15.3 Å². The van der Waals surface area contributed by atoms with Crippen molar-refractivity contribution in [3.63, 3.8) is 0 Å². The van der Waals surface area contributed by atoms with Crippen LogP contribution in [-0.2, 0) is 51.1 Å². The molecule has 3 aliphatic carbocycles. The number of hydrogen-bond donors (Lipinski definition) is 11. The molecule has 3 aliphatic rings. The summed E-state index contributed by atoms with van der Waals surface area (Å²) < 4.78 is 132. The smallest absolute Gasteiger partial charge is 0.422 e. The number of fused-ring (bicyclic) bond motifs is 3. The van der Waals surface area contributed by atoms with Crippen LogP contribution >= 0.6 is 79.4 Å². The summed E-state index contributed by atoms with van der Waals surface area (Å²) in [6.45, 7) is 20.8. The van der Waals surface area contributed by atoms with Gasteiger partial charge in [-0.3, -0.25) is 14.2 Å². The largest absolute Gasteiger partial charge is 0.508 e. The standard InChI is InChI=1S/C25H24N6O3S.C21H22N4O3S.C12H10N2O.C11H15IN2O4S.C10H14INO2S.C6H6IN.C4H3ClN2.C4H10O/c1-16(2)29-35(32,33)30-18-6-4-17(5-7-18)24-22(15-26)21-11-10-20(34-25-27-12-3-13-28-25)14-23(21)31(24)19-8-9-19;1-13(2)23-29(27,28)24-15-5-3-14(4-6-15)21-19(12-22)18-10-9-17(26)11-20(18)25(21)16-7-8-16;13-6-8-7-14(9-1-2-9)12-5-10(15)3-4-11(8)12;1-11(2,3)18-10(15)14-19(16,17)13-9-6-4-8(12)5-7-9;1-8(2)12-15(13,14)7-9-3-5-10(11)6-4-9;7-5-1-3-6(8)4-2-5;5-4-6-2-1-3-7-4;1-4(2,3)5/h3-7,10-14,16,19,29-30H,8-9H2,1-2H3;3-6,9-11,13,16,23-24,26H,7-8H2,1-2H3;3-5,7,9,15H,1-2H2;4-7,13H,1-3H3,(H,14,15);3-6,8,12H,7H2,1-2H3;1-4H,8H2;1-3H;5H,1-3H3. The van der Waals surface area contributed by atoms with Gasteiger partial charge in [0.15, 0.2) is 0 Å². The number of nitrogen functional groups attached to an aromatic ring is 1. The normalized spacial score (nSPS) is 12.9. The molecule has 0 unspecified atom stereocenters. The van der Waals surface area contributed by atoms with Crippen LogP contribution in [0.15, 0.2) is 219 Å². The molecule has 13 aromatic rings. The lowest BCUT2D eigenvalue weighted by Gasteiger charge is -2.19. The second-order valence-corrected chi connectivity index (χ2v) is 43.5. The molecule has 12 N–H and O–H groups in total. The number of sulfonamides is 1. The molecule has 133 heavy (non-hydrogen) atoms. The summed E-state index contributed by atoms with van der Waals surface area (Å²) in [5.74, 6) is 1.05. The highest BCUT2D eigenvalue weighted by Gasteiger charge is 2.34. The van der Waals surface area contributed by atoms with Gasteiger partial charge in [0.25, 0.3) is 20.4 Å². The average molecular weight is 2240 g/mol. The maximum Gasteiger partial charge on any atom is 0.422 e. The highest BCUT2D eigenvalue weighted by Crippen LogP contribution is 2.48. The molecule has 8 aromatic carbocycles. The molecule has 0 bridgehead atoms. The second kappa shape index (κ2) is 47.3. The van der Waals surface area contributed by atoms with Crippen LogP contribution in [0.4, 0.5) is 27.5 Å².